The number of fused-ring (bicyclic) bond motifs is 2. The van der Waals surface area contributed by atoms with Crippen LogP contribution in [0, 0.1) is 11.8 Å². The lowest BCUT2D eigenvalue weighted by atomic mass is 9.84. The molecule has 2 fully saturated rings. The molecule has 0 radical (unpaired) electrons. The van der Waals surface area contributed by atoms with Gasteiger partial charge in [-0.1, -0.05) is 17.6 Å². The van der Waals surface area contributed by atoms with Crippen LogP contribution in [0.25, 0.3) is 0 Å². The zero-order valence-corrected chi connectivity index (χ0v) is 6.40. The van der Waals surface area contributed by atoms with E-state index < -0.39 is 0 Å². The minimum atomic E-state index is 1.07. The van der Waals surface area contributed by atoms with Crippen LogP contribution in [0.4, 0.5) is 0 Å². The largest absolute Gasteiger partial charge is 0.0676 e. The maximum atomic E-state index is 1.91. The quantitative estimate of drug-likeness (QED) is 0.447. The average Bonchev–Trinajstić information content (AvgIpc) is 2.64. The first-order valence-corrected chi connectivity index (χ1v) is 4.67. The molecule has 0 amide bonds. The van der Waals surface area contributed by atoms with E-state index >= 15 is 0 Å². The maximum absolute atomic E-state index is 1.91. The predicted octanol–water partition coefficient (Wildman–Crippen LogP) is 2.90. The van der Waals surface area contributed by atoms with E-state index in [0.717, 1.165) is 11.8 Å². The zero-order valence-electron chi connectivity index (χ0n) is 6.40. The Morgan fingerprint density at radius 3 is 2.90 bits per heavy atom. The lowest BCUT2D eigenvalue weighted by Gasteiger charge is -2.21. The average molecular weight is 134 g/mol. The molecule has 0 aromatic carbocycles. The molecule has 0 saturated heterocycles. The Kier molecular flexibility index (Phi) is 0.898. The van der Waals surface area contributed by atoms with Gasteiger partial charge in [0, 0.05) is 0 Å². The van der Waals surface area contributed by atoms with Crippen LogP contribution in [-0.4, -0.2) is 0 Å². The van der Waals surface area contributed by atoms with Crippen LogP contribution in [0.2, 0.25) is 0 Å². The lowest BCUT2D eigenvalue weighted by Crippen LogP contribution is -2.07. The van der Waals surface area contributed by atoms with Gasteiger partial charge in [-0.2, -0.15) is 0 Å². The third kappa shape index (κ3) is 0.574. The summed E-state index contributed by atoms with van der Waals surface area (Å²) in [4.78, 5) is 0. The van der Waals surface area contributed by atoms with Crippen molar-refractivity contribution in [2.24, 2.45) is 11.8 Å². The Hall–Kier alpha value is -0.260. The highest BCUT2D eigenvalue weighted by atomic mass is 14.5. The Labute approximate surface area is 62.3 Å². The van der Waals surface area contributed by atoms with E-state index in [1.165, 1.54) is 32.1 Å². The van der Waals surface area contributed by atoms with Gasteiger partial charge in [-0.05, 0) is 43.9 Å². The first-order chi connectivity index (χ1) is 4.95. The number of rotatable bonds is 0. The fraction of sp³-hybridized carbons (Fsp3) is 0.800. The van der Waals surface area contributed by atoms with Crippen LogP contribution in [0.3, 0.4) is 0 Å². The Bertz CT molecular complexity index is 200. The van der Waals surface area contributed by atoms with Crippen molar-refractivity contribution in [3.63, 3.8) is 0 Å². The topological polar surface area (TPSA) is 0 Å². The van der Waals surface area contributed by atoms with E-state index in [4.69, 9.17) is 0 Å². The molecule has 2 unspecified atom stereocenters. The van der Waals surface area contributed by atoms with Crippen LogP contribution in [0.1, 0.15) is 38.5 Å². The summed E-state index contributed by atoms with van der Waals surface area (Å²) in [7, 11) is 0. The summed E-state index contributed by atoms with van der Waals surface area (Å²) in [5, 5.41) is 0. The third-order valence-electron chi connectivity index (χ3n) is 3.52. The van der Waals surface area contributed by atoms with Gasteiger partial charge in [0.25, 0.3) is 0 Å². The molecule has 3 rings (SSSR count). The van der Waals surface area contributed by atoms with Gasteiger partial charge in [-0.15, -0.1) is 0 Å². The standard InChI is InChI=1S/C10H14/c1-2-4-9-7(3-1)5-8-6-10(8)9/h7-8H,1-6H2. The molecular weight excluding hydrogens is 120 g/mol. The van der Waals surface area contributed by atoms with Crippen molar-refractivity contribution in [3.05, 3.63) is 11.1 Å². The number of allylic oxidation sites excluding steroid dienone is 2. The SMILES string of the molecule is C1CCC2CC3CC3=C2C1. The van der Waals surface area contributed by atoms with Crippen molar-refractivity contribution >= 4 is 0 Å². The number of hydrogen-bond donors (Lipinski definition) is 0. The van der Waals surface area contributed by atoms with Crippen LogP contribution in [-0.2, 0) is 0 Å². The summed E-state index contributed by atoms with van der Waals surface area (Å²) in [6.45, 7) is 0. The van der Waals surface area contributed by atoms with E-state index in [-0.39, 0.29) is 0 Å². The van der Waals surface area contributed by atoms with Crippen LogP contribution >= 0.6 is 0 Å². The van der Waals surface area contributed by atoms with Gasteiger partial charge in [0.2, 0.25) is 0 Å². The molecule has 0 heterocycles. The molecule has 0 aliphatic heterocycles. The fourth-order valence-electron chi connectivity index (χ4n) is 2.94. The summed E-state index contributed by atoms with van der Waals surface area (Å²) in [5.41, 5.74) is 3.81. The zero-order chi connectivity index (χ0) is 6.55. The van der Waals surface area contributed by atoms with Crippen molar-refractivity contribution < 1.29 is 0 Å². The van der Waals surface area contributed by atoms with Crippen molar-refractivity contribution in [1.29, 1.82) is 0 Å². The molecule has 0 aromatic heterocycles. The van der Waals surface area contributed by atoms with Gasteiger partial charge < -0.3 is 0 Å². The first-order valence-electron chi connectivity index (χ1n) is 4.67. The number of hydrogen-bond acceptors (Lipinski definition) is 0. The maximum Gasteiger partial charge on any atom is -0.0157 e. The van der Waals surface area contributed by atoms with E-state index in [9.17, 15) is 0 Å². The van der Waals surface area contributed by atoms with Gasteiger partial charge in [-0.3, -0.25) is 0 Å². The van der Waals surface area contributed by atoms with Crippen LogP contribution in [0.5, 0.6) is 0 Å². The predicted molar refractivity (Wildman–Crippen MR) is 41.7 cm³/mol. The van der Waals surface area contributed by atoms with Gasteiger partial charge in [0.15, 0.2) is 0 Å². The molecule has 54 valence electrons. The summed E-state index contributed by atoms with van der Waals surface area (Å²) in [5.74, 6) is 2.17. The molecule has 10 heavy (non-hydrogen) atoms. The Morgan fingerprint density at radius 2 is 2.00 bits per heavy atom. The molecule has 0 spiro atoms. The monoisotopic (exact) mass is 134 g/mol. The first kappa shape index (κ1) is 5.40. The third-order valence-corrected chi connectivity index (χ3v) is 3.52. The fourth-order valence-corrected chi connectivity index (χ4v) is 2.94. The Morgan fingerprint density at radius 1 is 1.00 bits per heavy atom. The highest BCUT2D eigenvalue weighted by Crippen LogP contribution is 2.57. The minimum Gasteiger partial charge on any atom is -0.0676 e. The summed E-state index contributed by atoms with van der Waals surface area (Å²) in [6.07, 6.45) is 9.03. The second-order valence-corrected chi connectivity index (χ2v) is 4.13. The normalized spacial score (nSPS) is 43.2. The molecule has 0 aromatic rings. The van der Waals surface area contributed by atoms with Crippen molar-refractivity contribution in [1.82, 2.24) is 0 Å². The molecule has 3 aliphatic carbocycles. The molecule has 0 heteroatoms. The second kappa shape index (κ2) is 1.66. The van der Waals surface area contributed by atoms with Crippen molar-refractivity contribution in [2.75, 3.05) is 0 Å². The molecule has 2 saturated carbocycles. The van der Waals surface area contributed by atoms with Crippen molar-refractivity contribution in [2.45, 2.75) is 38.5 Å². The molecule has 3 aliphatic rings. The highest BCUT2D eigenvalue weighted by Gasteiger charge is 2.43. The van der Waals surface area contributed by atoms with E-state index in [2.05, 4.69) is 0 Å². The Balaban J connectivity index is 1.95. The highest BCUT2D eigenvalue weighted by molar-refractivity contribution is 5.38. The summed E-state index contributed by atoms with van der Waals surface area (Å²) >= 11 is 0. The second-order valence-electron chi connectivity index (χ2n) is 4.13. The van der Waals surface area contributed by atoms with Gasteiger partial charge in [0.1, 0.15) is 0 Å². The summed E-state index contributed by atoms with van der Waals surface area (Å²) < 4.78 is 0. The lowest BCUT2D eigenvalue weighted by molar-refractivity contribution is 0.432. The van der Waals surface area contributed by atoms with Crippen molar-refractivity contribution in [3.8, 4) is 0 Å². The van der Waals surface area contributed by atoms with Crippen LogP contribution in [0.15, 0.2) is 11.1 Å². The minimum absolute atomic E-state index is 1.07. The van der Waals surface area contributed by atoms with Gasteiger partial charge in [-0.25, -0.2) is 0 Å². The van der Waals surface area contributed by atoms with E-state index in [1.54, 1.807) is 6.42 Å². The van der Waals surface area contributed by atoms with E-state index in [1.807, 2.05) is 11.1 Å². The molecule has 0 bridgehead atoms. The summed E-state index contributed by atoms with van der Waals surface area (Å²) in [6, 6.07) is 0. The van der Waals surface area contributed by atoms with Gasteiger partial charge in [0.05, 0.1) is 0 Å². The molecule has 0 nitrogen and oxygen atoms in total. The van der Waals surface area contributed by atoms with Gasteiger partial charge >= 0.3 is 0 Å². The van der Waals surface area contributed by atoms with E-state index in [0.29, 0.717) is 0 Å². The van der Waals surface area contributed by atoms with Crippen LogP contribution < -0.4 is 0 Å². The molecular formula is C10H14. The smallest absolute Gasteiger partial charge is 0.0157 e. The molecule has 0 N–H and O–H groups in total. The molecule has 2 atom stereocenters.